The molecular formula is C29H37NO4. The quantitative estimate of drug-likeness (QED) is 0.359. The van der Waals surface area contributed by atoms with Crippen molar-refractivity contribution >= 4 is 11.7 Å². The van der Waals surface area contributed by atoms with Crippen LogP contribution in [0.3, 0.4) is 0 Å². The summed E-state index contributed by atoms with van der Waals surface area (Å²) in [5.41, 5.74) is 2.23. The van der Waals surface area contributed by atoms with E-state index in [-0.39, 0.29) is 5.97 Å². The number of nitrogens with zero attached hydrogens (tertiary/aromatic N) is 1. The van der Waals surface area contributed by atoms with Gasteiger partial charge in [0, 0.05) is 23.5 Å². The third-order valence-electron chi connectivity index (χ3n) is 6.56. The first-order valence-corrected chi connectivity index (χ1v) is 12.6. The molecule has 4 rings (SSSR count). The molecule has 1 aliphatic carbocycles. The van der Waals surface area contributed by atoms with E-state index < -0.39 is 17.4 Å². The molecule has 1 aliphatic heterocycles. The zero-order valence-corrected chi connectivity index (χ0v) is 20.7. The number of hydrogen-bond donors (Lipinski definition) is 0. The third kappa shape index (κ3) is 6.13. The first-order valence-electron chi connectivity index (χ1n) is 12.6. The molecule has 0 bridgehead atoms. The summed E-state index contributed by atoms with van der Waals surface area (Å²) in [6.07, 6.45) is 5.66. The van der Waals surface area contributed by atoms with Crippen molar-refractivity contribution in [3.63, 3.8) is 0 Å². The Morgan fingerprint density at radius 3 is 2.18 bits per heavy atom. The van der Waals surface area contributed by atoms with E-state index >= 15 is 0 Å². The van der Waals surface area contributed by atoms with Crippen LogP contribution in [0.1, 0.15) is 70.4 Å². The Morgan fingerprint density at radius 2 is 1.62 bits per heavy atom. The van der Waals surface area contributed by atoms with Gasteiger partial charge in [0.2, 0.25) is 0 Å². The molecule has 1 unspecified atom stereocenters. The minimum atomic E-state index is -0.572. The van der Waals surface area contributed by atoms with Crippen LogP contribution in [-0.2, 0) is 19.0 Å². The second-order valence-corrected chi connectivity index (χ2v) is 10.3. The normalized spacial score (nSPS) is 20.3. The van der Waals surface area contributed by atoms with Gasteiger partial charge in [-0.2, -0.15) is 0 Å². The van der Waals surface area contributed by atoms with E-state index in [0.29, 0.717) is 25.6 Å². The molecule has 2 fully saturated rings. The largest absolute Gasteiger partial charge is 0.458 e. The van der Waals surface area contributed by atoms with Gasteiger partial charge >= 0.3 is 5.97 Å². The second kappa shape index (κ2) is 10.8. The van der Waals surface area contributed by atoms with Crippen LogP contribution in [0.2, 0.25) is 0 Å². The SMILES string of the molecule is CC(C)(C)OC(=O)[C@@H](CCCC1CCCC12OCCO2)N=C(c1ccccc1)c1ccccc1. The summed E-state index contributed by atoms with van der Waals surface area (Å²) in [5, 5.41) is 0. The van der Waals surface area contributed by atoms with Gasteiger partial charge in [0.05, 0.1) is 18.9 Å². The van der Waals surface area contributed by atoms with E-state index in [0.717, 1.165) is 48.9 Å². The van der Waals surface area contributed by atoms with Crippen molar-refractivity contribution in [3.8, 4) is 0 Å². The first-order chi connectivity index (χ1) is 16.4. The zero-order valence-electron chi connectivity index (χ0n) is 20.7. The molecule has 1 saturated heterocycles. The third-order valence-corrected chi connectivity index (χ3v) is 6.56. The molecule has 1 saturated carbocycles. The Labute approximate surface area is 203 Å². The number of esters is 1. The van der Waals surface area contributed by atoms with Crippen LogP contribution in [0.4, 0.5) is 0 Å². The lowest BCUT2D eigenvalue weighted by Gasteiger charge is -2.29. The van der Waals surface area contributed by atoms with Crippen LogP contribution in [-0.4, -0.2) is 42.3 Å². The van der Waals surface area contributed by atoms with E-state index in [1.54, 1.807) is 0 Å². The number of ether oxygens (including phenoxy) is 3. The molecule has 5 nitrogen and oxygen atoms in total. The minimum Gasteiger partial charge on any atom is -0.458 e. The molecule has 0 N–H and O–H groups in total. The van der Waals surface area contributed by atoms with E-state index in [1.165, 1.54) is 0 Å². The number of carbonyl (C=O) groups excluding carboxylic acids is 1. The van der Waals surface area contributed by atoms with Crippen molar-refractivity contribution in [2.45, 2.75) is 76.7 Å². The lowest BCUT2D eigenvalue weighted by molar-refractivity contribution is -0.182. The van der Waals surface area contributed by atoms with Gasteiger partial charge in [0.15, 0.2) is 5.79 Å². The van der Waals surface area contributed by atoms with Gasteiger partial charge in [0.1, 0.15) is 11.6 Å². The maximum atomic E-state index is 13.3. The van der Waals surface area contributed by atoms with Crippen LogP contribution >= 0.6 is 0 Å². The van der Waals surface area contributed by atoms with Crippen LogP contribution in [0.5, 0.6) is 0 Å². The average molecular weight is 464 g/mol. The van der Waals surface area contributed by atoms with Crippen molar-refractivity contribution in [1.82, 2.24) is 0 Å². The average Bonchev–Trinajstić information content (AvgIpc) is 3.46. The van der Waals surface area contributed by atoms with Crippen LogP contribution in [0, 0.1) is 5.92 Å². The summed E-state index contributed by atoms with van der Waals surface area (Å²) >= 11 is 0. The Bertz CT molecular complexity index is 912. The van der Waals surface area contributed by atoms with Crippen molar-refractivity contribution in [3.05, 3.63) is 71.8 Å². The molecule has 0 radical (unpaired) electrons. The lowest BCUT2D eigenvalue weighted by atomic mass is 9.94. The second-order valence-electron chi connectivity index (χ2n) is 10.3. The molecule has 2 aromatic rings. The summed E-state index contributed by atoms with van der Waals surface area (Å²) in [6, 6.07) is 19.5. The summed E-state index contributed by atoms with van der Waals surface area (Å²) in [6.45, 7) is 7.06. The monoisotopic (exact) mass is 463 g/mol. The van der Waals surface area contributed by atoms with Gasteiger partial charge in [-0.15, -0.1) is 0 Å². The van der Waals surface area contributed by atoms with Crippen molar-refractivity contribution in [2.24, 2.45) is 10.9 Å². The van der Waals surface area contributed by atoms with Gasteiger partial charge in [-0.3, -0.25) is 4.99 Å². The highest BCUT2D eigenvalue weighted by atomic mass is 16.7. The number of benzene rings is 2. The van der Waals surface area contributed by atoms with Crippen LogP contribution in [0.15, 0.2) is 65.7 Å². The Hall–Kier alpha value is -2.50. The molecule has 0 aromatic heterocycles. The van der Waals surface area contributed by atoms with Crippen LogP contribution in [0.25, 0.3) is 0 Å². The van der Waals surface area contributed by atoms with Gasteiger partial charge in [-0.05, 0) is 46.5 Å². The fraction of sp³-hybridized carbons (Fsp3) is 0.517. The number of hydrogen-bond acceptors (Lipinski definition) is 5. The highest BCUT2D eigenvalue weighted by Crippen LogP contribution is 2.44. The van der Waals surface area contributed by atoms with Crippen molar-refractivity contribution in [2.75, 3.05) is 13.2 Å². The molecule has 2 atom stereocenters. The van der Waals surface area contributed by atoms with E-state index in [1.807, 2.05) is 81.4 Å². The number of aliphatic imine (C=N–C) groups is 1. The topological polar surface area (TPSA) is 57.1 Å². The molecular weight excluding hydrogens is 426 g/mol. The Morgan fingerprint density at radius 1 is 1.03 bits per heavy atom. The standard InChI is InChI=1S/C29H37NO4/c1-28(2,3)34-27(31)25(18-10-16-24-17-11-19-29(24)32-20-21-33-29)30-26(22-12-6-4-7-13-22)23-14-8-5-9-15-23/h4-9,12-15,24-25H,10-11,16-21H2,1-3H3/t24?,25-/m1/s1. The molecule has 1 spiro atoms. The predicted octanol–water partition coefficient (Wildman–Crippen LogP) is 5.95. The van der Waals surface area contributed by atoms with E-state index in [4.69, 9.17) is 19.2 Å². The molecule has 0 amide bonds. The Kier molecular flexibility index (Phi) is 7.84. The van der Waals surface area contributed by atoms with E-state index in [9.17, 15) is 4.79 Å². The van der Waals surface area contributed by atoms with Crippen LogP contribution < -0.4 is 0 Å². The predicted molar refractivity (Wildman–Crippen MR) is 134 cm³/mol. The van der Waals surface area contributed by atoms with Gasteiger partial charge < -0.3 is 14.2 Å². The number of carbonyl (C=O) groups is 1. The van der Waals surface area contributed by atoms with E-state index in [2.05, 4.69) is 0 Å². The summed E-state index contributed by atoms with van der Waals surface area (Å²) in [4.78, 5) is 18.3. The smallest absolute Gasteiger partial charge is 0.331 e. The maximum Gasteiger partial charge on any atom is 0.331 e. The molecule has 34 heavy (non-hydrogen) atoms. The fourth-order valence-electron chi connectivity index (χ4n) is 5.06. The summed E-state index contributed by atoms with van der Waals surface area (Å²) in [7, 11) is 0. The number of rotatable bonds is 8. The van der Waals surface area contributed by atoms with Crippen molar-refractivity contribution in [1.29, 1.82) is 0 Å². The fourth-order valence-corrected chi connectivity index (χ4v) is 5.06. The maximum absolute atomic E-state index is 13.3. The highest BCUT2D eigenvalue weighted by molar-refractivity contribution is 6.13. The summed E-state index contributed by atoms with van der Waals surface area (Å²) < 4.78 is 17.8. The van der Waals surface area contributed by atoms with Gasteiger partial charge in [-0.1, -0.05) is 67.1 Å². The highest BCUT2D eigenvalue weighted by Gasteiger charge is 2.47. The molecule has 182 valence electrons. The lowest BCUT2D eigenvalue weighted by Crippen LogP contribution is -2.35. The first kappa shape index (κ1) is 24.6. The molecule has 5 heteroatoms. The minimum absolute atomic E-state index is 0.272. The molecule has 2 aliphatic rings. The molecule has 2 aromatic carbocycles. The Balaban J connectivity index is 1.56. The summed E-state index contributed by atoms with van der Waals surface area (Å²) in [5.74, 6) is -0.295. The molecule has 1 heterocycles. The van der Waals surface area contributed by atoms with Gasteiger partial charge in [-0.25, -0.2) is 4.79 Å². The zero-order chi connectivity index (χ0) is 24.0. The van der Waals surface area contributed by atoms with Gasteiger partial charge in [0.25, 0.3) is 0 Å². The van der Waals surface area contributed by atoms with Crippen molar-refractivity contribution < 1.29 is 19.0 Å².